The van der Waals surface area contributed by atoms with Crippen LogP contribution in [0.1, 0.15) is 30.6 Å². The van der Waals surface area contributed by atoms with Crippen LogP contribution in [0.2, 0.25) is 0 Å². The molecule has 0 amide bonds. The second-order valence-corrected chi connectivity index (χ2v) is 9.43. The van der Waals surface area contributed by atoms with Crippen LogP contribution >= 0.6 is 22.7 Å². The summed E-state index contributed by atoms with van der Waals surface area (Å²) in [4.78, 5) is 13.3. The summed E-state index contributed by atoms with van der Waals surface area (Å²) in [5, 5.41) is 4.14. The lowest BCUT2D eigenvalue weighted by Crippen LogP contribution is -2.38. The van der Waals surface area contributed by atoms with Gasteiger partial charge < -0.3 is 10.2 Å². The number of fused-ring (bicyclic) bond motifs is 2. The first-order valence-corrected chi connectivity index (χ1v) is 11.2. The van der Waals surface area contributed by atoms with E-state index in [1.807, 2.05) is 23.7 Å². The molecule has 1 saturated heterocycles. The zero-order valence-corrected chi connectivity index (χ0v) is 17.4. The number of halogens is 1. The number of hydrogen-bond acceptors (Lipinski definition) is 6. The fraction of sp³-hybridized carbons (Fsp3) is 0.333. The Morgan fingerprint density at radius 3 is 3.04 bits per heavy atom. The zero-order valence-electron chi connectivity index (χ0n) is 15.8. The minimum atomic E-state index is -0.330. The molecule has 5 rings (SSSR count). The van der Waals surface area contributed by atoms with Gasteiger partial charge in [0.25, 0.3) is 0 Å². The molecule has 2 atom stereocenters. The summed E-state index contributed by atoms with van der Waals surface area (Å²) < 4.78 is 15.8. The molecule has 0 spiro atoms. The molecule has 3 aromatic heterocycles. The van der Waals surface area contributed by atoms with Gasteiger partial charge in [-0.15, -0.1) is 22.7 Å². The summed E-state index contributed by atoms with van der Waals surface area (Å²) >= 11 is 3.29. The Morgan fingerprint density at radius 2 is 2.14 bits per heavy atom. The standard InChI is InChI=1S/C21H21FN4S2/c1-12-14(4-3-7-26(12)2)19-9-15-20(16(22)10-23-21(15)28-19)25-13-5-6-18-17(8-13)24-11-27-18/h5-6,8-12,14H,3-4,7H2,1-2H3,(H,23,25)/t12-,14-/m1/s1. The second-order valence-electron chi connectivity index (χ2n) is 7.48. The Balaban J connectivity index is 1.54. The first-order chi connectivity index (χ1) is 13.6. The van der Waals surface area contributed by atoms with Crippen LogP contribution in [0.5, 0.6) is 0 Å². The number of hydrogen-bond donors (Lipinski definition) is 1. The summed E-state index contributed by atoms with van der Waals surface area (Å²) in [6.45, 7) is 3.42. The summed E-state index contributed by atoms with van der Waals surface area (Å²) in [5.41, 5.74) is 4.08. The van der Waals surface area contributed by atoms with E-state index in [9.17, 15) is 4.39 Å². The van der Waals surface area contributed by atoms with Gasteiger partial charge in [-0.3, -0.25) is 0 Å². The number of nitrogens with zero attached hydrogens (tertiary/aromatic N) is 3. The largest absolute Gasteiger partial charge is 0.352 e. The fourth-order valence-electron chi connectivity index (χ4n) is 4.07. The number of nitrogens with one attached hydrogen (secondary N) is 1. The molecule has 0 aliphatic carbocycles. The summed E-state index contributed by atoms with van der Waals surface area (Å²) in [7, 11) is 2.18. The molecule has 4 nitrogen and oxygen atoms in total. The fourth-order valence-corrected chi connectivity index (χ4v) is 5.97. The van der Waals surface area contributed by atoms with E-state index < -0.39 is 0 Å². The highest BCUT2D eigenvalue weighted by Gasteiger charge is 2.28. The lowest BCUT2D eigenvalue weighted by Gasteiger charge is -2.36. The molecule has 1 aliphatic rings. The van der Waals surface area contributed by atoms with Crippen molar-refractivity contribution in [2.24, 2.45) is 0 Å². The van der Waals surface area contributed by atoms with Gasteiger partial charge in [-0.2, -0.15) is 0 Å². The van der Waals surface area contributed by atoms with Gasteiger partial charge in [0.15, 0.2) is 5.82 Å². The van der Waals surface area contributed by atoms with Gasteiger partial charge >= 0.3 is 0 Å². The Labute approximate surface area is 171 Å². The average Bonchev–Trinajstić information content (AvgIpc) is 3.32. The van der Waals surface area contributed by atoms with E-state index in [-0.39, 0.29) is 5.82 Å². The molecule has 1 fully saturated rings. The number of rotatable bonds is 3. The van der Waals surface area contributed by atoms with Crippen LogP contribution in [0.25, 0.3) is 20.4 Å². The number of likely N-dealkylation sites (N-methyl/N-ethyl adjacent to an activating group) is 1. The van der Waals surface area contributed by atoms with Crippen molar-refractivity contribution in [3.63, 3.8) is 0 Å². The number of pyridine rings is 1. The molecule has 28 heavy (non-hydrogen) atoms. The Morgan fingerprint density at radius 1 is 1.25 bits per heavy atom. The minimum Gasteiger partial charge on any atom is -0.352 e. The second kappa shape index (κ2) is 7.06. The van der Waals surface area contributed by atoms with Gasteiger partial charge in [-0.25, -0.2) is 14.4 Å². The van der Waals surface area contributed by atoms with E-state index in [2.05, 4.69) is 40.2 Å². The Hall–Kier alpha value is -2.09. The molecule has 0 unspecified atom stereocenters. The Kier molecular flexibility index (Phi) is 4.53. The smallest absolute Gasteiger partial charge is 0.165 e. The molecule has 4 aromatic rings. The van der Waals surface area contributed by atoms with Crippen molar-refractivity contribution in [3.8, 4) is 0 Å². The molecule has 0 saturated carbocycles. The molecule has 7 heteroatoms. The highest BCUT2D eigenvalue weighted by atomic mass is 32.1. The number of benzene rings is 1. The van der Waals surface area contributed by atoms with Gasteiger partial charge in [0.1, 0.15) is 4.83 Å². The van der Waals surface area contributed by atoms with Crippen LogP contribution in [0, 0.1) is 5.82 Å². The third kappa shape index (κ3) is 3.07. The maximum absolute atomic E-state index is 14.7. The predicted octanol–water partition coefficient (Wildman–Crippen LogP) is 5.99. The van der Waals surface area contributed by atoms with E-state index >= 15 is 0 Å². The molecule has 144 valence electrons. The number of piperidine rings is 1. The van der Waals surface area contributed by atoms with E-state index in [0.29, 0.717) is 17.6 Å². The maximum Gasteiger partial charge on any atom is 0.165 e. The summed E-state index contributed by atoms with van der Waals surface area (Å²) in [6.07, 6.45) is 3.69. The average molecular weight is 413 g/mol. The van der Waals surface area contributed by atoms with Crippen molar-refractivity contribution in [1.82, 2.24) is 14.9 Å². The molecule has 4 heterocycles. The van der Waals surface area contributed by atoms with Gasteiger partial charge in [-0.05, 0) is 57.6 Å². The first kappa shape index (κ1) is 18.0. The normalized spacial score (nSPS) is 20.8. The molecule has 1 aromatic carbocycles. The van der Waals surface area contributed by atoms with Crippen LogP contribution in [0.15, 0.2) is 36.0 Å². The SMILES string of the molecule is C[C@@H]1[C@H](c2cc3c(Nc4ccc5scnc5c4)c(F)cnc3s2)CCCN1C. The van der Waals surface area contributed by atoms with Crippen molar-refractivity contribution in [3.05, 3.63) is 46.7 Å². The molecular formula is C21H21FN4S2. The van der Waals surface area contributed by atoms with E-state index in [0.717, 1.165) is 32.7 Å². The quantitative estimate of drug-likeness (QED) is 0.449. The van der Waals surface area contributed by atoms with Gasteiger partial charge in [0.2, 0.25) is 0 Å². The van der Waals surface area contributed by atoms with Crippen molar-refractivity contribution in [2.75, 3.05) is 18.9 Å². The lowest BCUT2D eigenvalue weighted by molar-refractivity contribution is 0.176. The van der Waals surface area contributed by atoms with Crippen molar-refractivity contribution in [1.29, 1.82) is 0 Å². The topological polar surface area (TPSA) is 41.1 Å². The number of thiophene rings is 1. The van der Waals surface area contributed by atoms with E-state index in [1.165, 1.54) is 23.9 Å². The van der Waals surface area contributed by atoms with Gasteiger partial charge in [0, 0.05) is 27.9 Å². The number of thiazole rings is 1. The minimum absolute atomic E-state index is 0.330. The van der Waals surface area contributed by atoms with Crippen LogP contribution in [-0.4, -0.2) is 34.5 Å². The van der Waals surface area contributed by atoms with Crippen LogP contribution in [0.3, 0.4) is 0 Å². The van der Waals surface area contributed by atoms with Crippen LogP contribution < -0.4 is 5.32 Å². The molecule has 0 bridgehead atoms. The third-order valence-electron chi connectivity index (χ3n) is 5.80. The zero-order chi connectivity index (χ0) is 19.3. The summed E-state index contributed by atoms with van der Waals surface area (Å²) in [6, 6.07) is 8.57. The summed E-state index contributed by atoms with van der Waals surface area (Å²) in [5.74, 6) is 0.143. The number of anilines is 2. The third-order valence-corrected chi connectivity index (χ3v) is 7.79. The predicted molar refractivity (Wildman–Crippen MR) is 117 cm³/mol. The van der Waals surface area contributed by atoms with Gasteiger partial charge in [0.05, 0.1) is 27.6 Å². The monoisotopic (exact) mass is 412 g/mol. The number of aromatic nitrogens is 2. The highest BCUT2D eigenvalue weighted by molar-refractivity contribution is 7.18. The van der Waals surface area contributed by atoms with Crippen molar-refractivity contribution in [2.45, 2.75) is 31.7 Å². The first-order valence-electron chi connectivity index (χ1n) is 9.48. The van der Waals surface area contributed by atoms with Crippen LogP contribution in [-0.2, 0) is 0 Å². The molecule has 0 radical (unpaired) electrons. The van der Waals surface area contributed by atoms with Gasteiger partial charge in [-0.1, -0.05) is 0 Å². The maximum atomic E-state index is 14.7. The Bertz CT molecular complexity index is 1150. The van der Waals surface area contributed by atoms with E-state index in [4.69, 9.17) is 0 Å². The lowest BCUT2D eigenvalue weighted by atomic mass is 9.89. The van der Waals surface area contributed by atoms with Crippen LogP contribution in [0.4, 0.5) is 15.8 Å². The van der Waals surface area contributed by atoms with E-state index in [1.54, 1.807) is 22.7 Å². The number of likely N-dealkylation sites (tertiary alicyclic amines) is 1. The van der Waals surface area contributed by atoms with Crippen molar-refractivity contribution < 1.29 is 4.39 Å². The molecular weight excluding hydrogens is 391 g/mol. The highest BCUT2D eigenvalue weighted by Crippen LogP contribution is 2.41. The molecule has 1 aliphatic heterocycles. The molecule has 1 N–H and O–H groups in total. The van der Waals surface area contributed by atoms with Crippen molar-refractivity contribution >= 4 is 54.5 Å².